The van der Waals surface area contributed by atoms with Crippen LogP contribution in [0.3, 0.4) is 0 Å². The summed E-state index contributed by atoms with van der Waals surface area (Å²) in [6, 6.07) is 10.5. The van der Waals surface area contributed by atoms with Crippen LogP contribution in [0.25, 0.3) is 16.7 Å². The second kappa shape index (κ2) is 8.78. The summed E-state index contributed by atoms with van der Waals surface area (Å²) in [4.78, 5) is 22.4. The molecule has 0 amide bonds. The monoisotopic (exact) mass is 504 g/mol. The molecule has 3 heterocycles. The number of halogens is 1. The van der Waals surface area contributed by atoms with Crippen molar-refractivity contribution < 1.29 is 9.50 Å². The van der Waals surface area contributed by atoms with E-state index in [4.69, 9.17) is 4.98 Å². The highest BCUT2D eigenvalue weighted by atomic mass is 19.1. The molecular formula is C28H33FN6O2. The highest BCUT2D eigenvalue weighted by Crippen LogP contribution is 2.32. The van der Waals surface area contributed by atoms with E-state index in [0.717, 1.165) is 18.8 Å². The summed E-state index contributed by atoms with van der Waals surface area (Å²) in [6.07, 6.45) is 1.52. The SMILES string of the molecule is CC(C)n1c(=O)c2cnc(Nc3ccc4c(c3)CNCC4(C)C)nc2n1-c1ccc(F)c(C(C)(C)O)c1. The molecule has 0 unspecified atom stereocenters. The van der Waals surface area contributed by atoms with E-state index in [2.05, 4.69) is 41.6 Å². The largest absolute Gasteiger partial charge is 0.386 e. The van der Waals surface area contributed by atoms with Crippen molar-refractivity contribution in [2.24, 2.45) is 0 Å². The quantitative estimate of drug-likeness (QED) is 0.366. The average Bonchev–Trinajstić information content (AvgIpc) is 3.10. The van der Waals surface area contributed by atoms with Crippen molar-refractivity contribution in [3.8, 4) is 5.69 Å². The standard InChI is InChI=1S/C28H33FN6O2/c1-16(2)34-25(36)20-14-31-26(32-18-7-9-21-17(11-18)13-30-15-27(21,3)4)33-24(20)35(34)19-8-10-23(29)22(12-19)28(5,6)37/h7-12,14,16,30,37H,13,15H2,1-6H3,(H,31,32,33). The third-order valence-electron chi connectivity index (χ3n) is 6.94. The molecule has 8 nitrogen and oxygen atoms in total. The van der Waals surface area contributed by atoms with Crippen molar-refractivity contribution in [2.45, 2.75) is 65.1 Å². The molecule has 0 atom stereocenters. The van der Waals surface area contributed by atoms with Gasteiger partial charge in [0.05, 0.1) is 11.3 Å². The van der Waals surface area contributed by atoms with E-state index >= 15 is 0 Å². The maximum Gasteiger partial charge on any atom is 0.278 e. The Morgan fingerprint density at radius 2 is 1.95 bits per heavy atom. The number of nitrogens with one attached hydrogen (secondary N) is 2. The Hall–Kier alpha value is -3.56. The van der Waals surface area contributed by atoms with E-state index in [0.29, 0.717) is 22.7 Å². The van der Waals surface area contributed by atoms with Gasteiger partial charge in [-0.1, -0.05) is 19.9 Å². The fraction of sp³-hybridized carbons (Fsp3) is 0.393. The molecule has 194 valence electrons. The number of hydrogen-bond acceptors (Lipinski definition) is 6. The van der Waals surface area contributed by atoms with Crippen LogP contribution in [0.5, 0.6) is 0 Å². The Balaban J connectivity index is 1.63. The van der Waals surface area contributed by atoms with Crippen LogP contribution < -0.4 is 16.2 Å². The van der Waals surface area contributed by atoms with Crippen LogP contribution in [0.2, 0.25) is 0 Å². The first-order valence-corrected chi connectivity index (χ1v) is 12.5. The van der Waals surface area contributed by atoms with Crippen molar-refractivity contribution in [1.82, 2.24) is 24.6 Å². The van der Waals surface area contributed by atoms with E-state index in [1.54, 1.807) is 21.5 Å². The van der Waals surface area contributed by atoms with Gasteiger partial charge >= 0.3 is 0 Å². The molecule has 0 fully saturated rings. The van der Waals surface area contributed by atoms with Crippen LogP contribution in [0, 0.1) is 5.82 Å². The van der Waals surface area contributed by atoms with Crippen LogP contribution in [0.4, 0.5) is 16.0 Å². The van der Waals surface area contributed by atoms with E-state index in [1.165, 1.54) is 37.2 Å². The number of hydrogen-bond donors (Lipinski definition) is 3. The van der Waals surface area contributed by atoms with Crippen LogP contribution in [-0.2, 0) is 17.6 Å². The number of nitrogens with zero attached hydrogens (tertiary/aromatic N) is 4. The summed E-state index contributed by atoms with van der Waals surface area (Å²) >= 11 is 0. The summed E-state index contributed by atoms with van der Waals surface area (Å²) in [5.41, 5.74) is 2.83. The van der Waals surface area contributed by atoms with Crippen LogP contribution >= 0.6 is 0 Å². The van der Waals surface area contributed by atoms with Crippen LogP contribution in [0.1, 0.15) is 64.3 Å². The molecule has 1 aliphatic heterocycles. The number of benzene rings is 2. The highest BCUT2D eigenvalue weighted by molar-refractivity contribution is 5.77. The maximum atomic E-state index is 14.6. The first-order valence-electron chi connectivity index (χ1n) is 12.5. The van der Waals surface area contributed by atoms with Gasteiger partial charge < -0.3 is 15.7 Å². The molecule has 0 saturated carbocycles. The minimum atomic E-state index is -1.40. The van der Waals surface area contributed by atoms with Gasteiger partial charge in [0.25, 0.3) is 5.56 Å². The third kappa shape index (κ3) is 4.42. The van der Waals surface area contributed by atoms with Crippen LogP contribution in [0.15, 0.2) is 47.4 Å². The molecule has 9 heteroatoms. The van der Waals surface area contributed by atoms with Gasteiger partial charge in [0.15, 0.2) is 5.65 Å². The molecule has 0 spiro atoms. The Labute approximate surface area is 215 Å². The van der Waals surface area contributed by atoms with Gasteiger partial charge in [-0.2, -0.15) is 4.98 Å². The minimum Gasteiger partial charge on any atom is -0.386 e. The molecule has 0 aliphatic carbocycles. The lowest BCUT2D eigenvalue weighted by Gasteiger charge is -2.33. The normalized spacial score (nSPS) is 15.3. The Bertz CT molecular complexity index is 1560. The lowest BCUT2D eigenvalue weighted by molar-refractivity contribution is 0.0745. The van der Waals surface area contributed by atoms with Gasteiger partial charge in [-0.15, -0.1) is 0 Å². The second-order valence-electron chi connectivity index (χ2n) is 11.2. The van der Waals surface area contributed by atoms with Gasteiger partial charge in [0.2, 0.25) is 5.95 Å². The summed E-state index contributed by atoms with van der Waals surface area (Å²) in [5, 5.41) is 17.6. The van der Waals surface area contributed by atoms with Crippen LogP contribution in [-0.4, -0.2) is 31.0 Å². The van der Waals surface area contributed by atoms with Gasteiger partial charge in [-0.3, -0.25) is 4.79 Å². The molecule has 0 bridgehead atoms. The zero-order valence-electron chi connectivity index (χ0n) is 22.1. The molecule has 2 aromatic carbocycles. The highest BCUT2D eigenvalue weighted by Gasteiger charge is 2.27. The topological polar surface area (TPSA) is 97.0 Å². The molecule has 2 aromatic heterocycles. The lowest BCUT2D eigenvalue weighted by Crippen LogP contribution is -2.38. The van der Waals surface area contributed by atoms with Gasteiger partial charge in [-0.05, 0) is 69.2 Å². The smallest absolute Gasteiger partial charge is 0.278 e. The maximum absolute atomic E-state index is 14.6. The molecule has 37 heavy (non-hydrogen) atoms. The zero-order valence-corrected chi connectivity index (χ0v) is 22.1. The molecule has 1 aliphatic rings. The zero-order chi connectivity index (χ0) is 26.7. The molecule has 5 rings (SSSR count). The fourth-order valence-corrected chi connectivity index (χ4v) is 5.10. The molecule has 0 radical (unpaired) electrons. The first kappa shape index (κ1) is 25.1. The van der Waals surface area contributed by atoms with E-state index < -0.39 is 11.4 Å². The number of aliphatic hydroxyl groups is 1. The summed E-state index contributed by atoms with van der Waals surface area (Å²) in [7, 11) is 0. The summed E-state index contributed by atoms with van der Waals surface area (Å²) in [5.74, 6) is -0.178. The van der Waals surface area contributed by atoms with Gasteiger partial charge in [0.1, 0.15) is 11.2 Å². The van der Waals surface area contributed by atoms with E-state index in [9.17, 15) is 14.3 Å². The Kier molecular flexibility index (Phi) is 5.96. The number of rotatable bonds is 5. The van der Waals surface area contributed by atoms with Gasteiger partial charge in [-0.25, -0.2) is 18.7 Å². The van der Waals surface area contributed by atoms with Gasteiger partial charge in [0, 0.05) is 42.0 Å². The van der Waals surface area contributed by atoms with Crippen molar-refractivity contribution in [2.75, 3.05) is 11.9 Å². The lowest BCUT2D eigenvalue weighted by atomic mass is 9.79. The van der Waals surface area contributed by atoms with Crippen molar-refractivity contribution in [1.29, 1.82) is 0 Å². The Morgan fingerprint density at radius 3 is 2.65 bits per heavy atom. The summed E-state index contributed by atoms with van der Waals surface area (Å²) in [6.45, 7) is 13.0. The number of anilines is 2. The van der Waals surface area contributed by atoms with Crippen molar-refractivity contribution in [3.63, 3.8) is 0 Å². The molecule has 0 saturated heterocycles. The first-order chi connectivity index (χ1) is 17.4. The Morgan fingerprint density at radius 1 is 1.19 bits per heavy atom. The van der Waals surface area contributed by atoms with Crippen molar-refractivity contribution in [3.05, 3.63) is 75.5 Å². The molecular weight excluding hydrogens is 471 g/mol. The molecule has 4 aromatic rings. The van der Waals surface area contributed by atoms with E-state index in [1.807, 2.05) is 19.9 Å². The number of fused-ring (bicyclic) bond motifs is 2. The van der Waals surface area contributed by atoms with E-state index in [-0.39, 0.29) is 22.6 Å². The second-order valence-corrected chi connectivity index (χ2v) is 11.2. The predicted molar refractivity (Wildman–Crippen MR) is 143 cm³/mol. The third-order valence-corrected chi connectivity index (χ3v) is 6.94. The fourth-order valence-electron chi connectivity index (χ4n) is 5.10. The summed E-state index contributed by atoms with van der Waals surface area (Å²) < 4.78 is 17.8. The minimum absolute atomic E-state index is 0.0501. The molecule has 3 N–H and O–H groups in total. The predicted octanol–water partition coefficient (Wildman–Crippen LogP) is 4.65. The average molecular weight is 505 g/mol. The number of aromatic nitrogens is 4. The van der Waals surface area contributed by atoms with Crippen molar-refractivity contribution >= 4 is 22.7 Å².